The third kappa shape index (κ3) is 3.75. The topological polar surface area (TPSA) is 64.4 Å². The van der Waals surface area contributed by atoms with Gasteiger partial charge < -0.3 is 9.47 Å². The number of halogens is 1. The van der Waals surface area contributed by atoms with Crippen LogP contribution in [-0.2, 0) is 0 Å². The standard InChI is InChI=1S/C14H17BrN4O2S/c1-4-20-12-7-10(6-11(15)13(12)21-5-2)8-16-19-9(3)17-18-14(19)22/h6-8H,4-5H2,1-3H3,(H,18,22)/b16-8-. The first-order valence-electron chi connectivity index (χ1n) is 6.84. The number of H-pyrrole nitrogens is 1. The lowest BCUT2D eigenvalue weighted by atomic mass is 10.2. The van der Waals surface area contributed by atoms with E-state index in [1.807, 2.05) is 32.9 Å². The maximum atomic E-state index is 5.63. The average molecular weight is 385 g/mol. The van der Waals surface area contributed by atoms with Crippen molar-refractivity contribution in [1.82, 2.24) is 14.9 Å². The molecule has 0 aliphatic heterocycles. The second kappa shape index (κ2) is 7.55. The number of aryl methyl sites for hydroxylation is 1. The Bertz CT molecular complexity index is 739. The van der Waals surface area contributed by atoms with E-state index in [0.717, 1.165) is 10.0 Å². The van der Waals surface area contributed by atoms with Crippen LogP contribution in [0.1, 0.15) is 25.2 Å². The lowest BCUT2D eigenvalue weighted by Crippen LogP contribution is -2.01. The zero-order valence-electron chi connectivity index (χ0n) is 12.6. The van der Waals surface area contributed by atoms with Gasteiger partial charge in [-0.1, -0.05) is 0 Å². The number of aromatic amines is 1. The van der Waals surface area contributed by atoms with E-state index in [9.17, 15) is 0 Å². The van der Waals surface area contributed by atoms with Crippen LogP contribution in [-0.4, -0.2) is 34.3 Å². The lowest BCUT2D eigenvalue weighted by Gasteiger charge is -2.13. The van der Waals surface area contributed by atoms with Gasteiger partial charge in [0.1, 0.15) is 5.82 Å². The van der Waals surface area contributed by atoms with Gasteiger partial charge in [-0.05, 0) is 66.6 Å². The van der Waals surface area contributed by atoms with Crippen LogP contribution in [0.3, 0.4) is 0 Å². The van der Waals surface area contributed by atoms with Gasteiger partial charge in [0.05, 0.1) is 23.9 Å². The fraction of sp³-hybridized carbons (Fsp3) is 0.357. The molecule has 0 fully saturated rings. The molecule has 1 aromatic carbocycles. The molecule has 1 aromatic heterocycles. The third-order valence-electron chi connectivity index (χ3n) is 2.75. The maximum absolute atomic E-state index is 5.63. The summed E-state index contributed by atoms with van der Waals surface area (Å²) in [6, 6.07) is 3.79. The first kappa shape index (κ1) is 16.7. The van der Waals surface area contributed by atoms with Crippen LogP contribution in [0.15, 0.2) is 21.7 Å². The molecule has 0 unspecified atom stereocenters. The molecule has 0 aliphatic carbocycles. The molecule has 0 spiro atoms. The Hall–Kier alpha value is -1.67. The van der Waals surface area contributed by atoms with Crippen LogP contribution in [0.4, 0.5) is 0 Å². The van der Waals surface area contributed by atoms with Crippen molar-refractivity contribution < 1.29 is 9.47 Å². The fourth-order valence-corrected chi connectivity index (χ4v) is 2.64. The summed E-state index contributed by atoms with van der Waals surface area (Å²) in [5.74, 6) is 2.06. The maximum Gasteiger partial charge on any atom is 0.216 e. The second-order valence-corrected chi connectivity index (χ2v) is 5.57. The number of benzene rings is 1. The Morgan fingerprint density at radius 2 is 2.09 bits per heavy atom. The van der Waals surface area contributed by atoms with Gasteiger partial charge in [0.25, 0.3) is 0 Å². The molecule has 6 nitrogen and oxygen atoms in total. The van der Waals surface area contributed by atoms with Crippen molar-refractivity contribution in [3.8, 4) is 11.5 Å². The summed E-state index contributed by atoms with van der Waals surface area (Å²) in [7, 11) is 0. The quantitative estimate of drug-likeness (QED) is 0.609. The Kier molecular flexibility index (Phi) is 5.73. The van der Waals surface area contributed by atoms with Crippen molar-refractivity contribution in [3.63, 3.8) is 0 Å². The second-order valence-electron chi connectivity index (χ2n) is 4.33. The highest BCUT2D eigenvalue weighted by atomic mass is 79.9. The van der Waals surface area contributed by atoms with Crippen LogP contribution in [0, 0.1) is 11.7 Å². The van der Waals surface area contributed by atoms with Crippen LogP contribution in [0.2, 0.25) is 0 Å². The molecule has 0 atom stereocenters. The van der Waals surface area contributed by atoms with Gasteiger partial charge in [-0.15, -0.1) is 0 Å². The van der Waals surface area contributed by atoms with Gasteiger partial charge in [-0.25, -0.2) is 0 Å². The van der Waals surface area contributed by atoms with Gasteiger partial charge >= 0.3 is 0 Å². The summed E-state index contributed by atoms with van der Waals surface area (Å²) < 4.78 is 14.1. The first-order chi connectivity index (χ1) is 10.6. The van der Waals surface area contributed by atoms with Crippen molar-refractivity contribution >= 4 is 34.4 Å². The van der Waals surface area contributed by atoms with E-state index in [1.165, 1.54) is 0 Å². The number of hydrogen-bond donors (Lipinski definition) is 1. The number of nitrogens with zero attached hydrogens (tertiary/aromatic N) is 3. The number of nitrogens with one attached hydrogen (secondary N) is 1. The van der Waals surface area contributed by atoms with Crippen molar-refractivity contribution in [2.75, 3.05) is 13.2 Å². The van der Waals surface area contributed by atoms with Gasteiger partial charge in [0.15, 0.2) is 11.5 Å². The molecule has 0 radical (unpaired) electrons. The molecule has 22 heavy (non-hydrogen) atoms. The Morgan fingerprint density at radius 1 is 1.36 bits per heavy atom. The van der Waals surface area contributed by atoms with Crippen LogP contribution < -0.4 is 9.47 Å². The van der Waals surface area contributed by atoms with Crippen LogP contribution in [0.5, 0.6) is 11.5 Å². The summed E-state index contributed by atoms with van der Waals surface area (Å²) in [4.78, 5) is 0. The molecule has 0 aliphatic rings. The molecule has 1 N–H and O–H groups in total. The molecular formula is C14H17BrN4O2S. The van der Waals surface area contributed by atoms with E-state index in [2.05, 4.69) is 31.2 Å². The van der Waals surface area contributed by atoms with E-state index in [-0.39, 0.29) is 0 Å². The van der Waals surface area contributed by atoms with Crippen molar-refractivity contribution in [3.05, 3.63) is 32.8 Å². The number of aromatic nitrogens is 3. The summed E-state index contributed by atoms with van der Waals surface area (Å²) in [5, 5.41) is 11.0. The van der Waals surface area contributed by atoms with Crippen LogP contribution >= 0.6 is 28.1 Å². The summed E-state index contributed by atoms with van der Waals surface area (Å²) in [6.45, 7) is 6.80. The molecule has 0 saturated heterocycles. The van der Waals surface area contributed by atoms with E-state index < -0.39 is 0 Å². The molecule has 2 aromatic rings. The molecule has 0 amide bonds. The predicted molar refractivity (Wildman–Crippen MR) is 91.6 cm³/mol. The molecular weight excluding hydrogens is 368 g/mol. The van der Waals surface area contributed by atoms with Crippen molar-refractivity contribution in [2.24, 2.45) is 5.10 Å². The van der Waals surface area contributed by atoms with E-state index in [0.29, 0.717) is 35.3 Å². The van der Waals surface area contributed by atoms with Crippen LogP contribution in [0.25, 0.3) is 0 Å². The minimum Gasteiger partial charge on any atom is -0.490 e. The largest absolute Gasteiger partial charge is 0.490 e. The fourth-order valence-electron chi connectivity index (χ4n) is 1.84. The highest BCUT2D eigenvalue weighted by molar-refractivity contribution is 9.10. The summed E-state index contributed by atoms with van der Waals surface area (Å²) in [6.07, 6.45) is 1.70. The molecule has 0 bridgehead atoms. The molecule has 2 rings (SSSR count). The molecule has 0 saturated carbocycles. The Labute approximate surface area is 142 Å². The zero-order chi connectivity index (χ0) is 16.1. The Morgan fingerprint density at radius 3 is 2.68 bits per heavy atom. The summed E-state index contributed by atoms with van der Waals surface area (Å²) >= 11 is 8.62. The summed E-state index contributed by atoms with van der Waals surface area (Å²) in [5.41, 5.74) is 0.862. The predicted octanol–water partition coefficient (Wildman–Crippen LogP) is 3.69. The van der Waals surface area contributed by atoms with Crippen molar-refractivity contribution in [2.45, 2.75) is 20.8 Å². The van der Waals surface area contributed by atoms with E-state index >= 15 is 0 Å². The highest BCUT2D eigenvalue weighted by Gasteiger charge is 2.11. The zero-order valence-corrected chi connectivity index (χ0v) is 15.0. The number of rotatable bonds is 6. The van der Waals surface area contributed by atoms with Gasteiger partial charge in [-0.3, -0.25) is 5.10 Å². The molecule has 118 valence electrons. The molecule has 1 heterocycles. The number of ether oxygens (including phenoxy) is 2. The van der Waals surface area contributed by atoms with E-state index in [4.69, 9.17) is 21.7 Å². The Balaban J connectivity index is 2.38. The third-order valence-corrected chi connectivity index (χ3v) is 3.61. The lowest BCUT2D eigenvalue weighted by molar-refractivity contribution is 0.286. The number of hydrogen-bond acceptors (Lipinski definition) is 5. The normalized spacial score (nSPS) is 11.1. The molecule has 8 heteroatoms. The smallest absolute Gasteiger partial charge is 0.216 e. The monoisotopic (exact) mass is 384 g/mol. The minimum absolute atomic E-state index is 0.448. The average Bonchev–Trinajstić information content (AvgIpc) is 2.80. The SMILES string of the molecule is CCOc1cc(/C=N\n2c(C)n[nH]c2=S)cc(Br)c1OCC. The minimum atomic E-state index is 0.448. The van der Waals surface area contributed by atoms with Gasteiger partial charge in [0, 0.05) is 0 Å². The van der Waals surface area contributed by atoms with Gasteiger partial charge in [0.2, 0.25) is 4.77 Å². The van der Waals surface area contributed by atoms with Gasteiger partial charge in [-0.2, -0.15) is 14.9 Å². The van der Waals surface area contributed by atoms with Crippen molar-refractivity contribution in [1.29, 1.82) is 0 Å². The first-order valence-corrected chi connectivity index (χ1v) is 8.04. The highest BCUT2D eigenvalue weighted by Crippen LogP contribution is 2.36. The van der Waals surface area contributed by atoms with E-state index in [1.54, 1.807) is 10.9 Å².